The second-order valence-electron chi connectivity index (χ2n) is 5.83. The minimum absolute atomic E-state index is 0.373. The predicted octanol–water partition coefficient (Wildman–Crippen LogP) is 2.68. The molecule has 1 N–H and O–H groups in total. The van der Waals surface area contributed by atoms with E-state index in [-0.39, 0.29) is 0 Å². The number of nitrogens with one attached hydrogen (secondary N) is 1. The summed E-state index contributed by atoms with van der Waals surface area (Å²) in [6, 6.07) is 11.1. The SMILES string of the molecule is Cn1cc(CN[C@H](C[C@H]2CCOC2)c2ccccc2)cn1. The average molecular weight is 285 g/mol. The molecule has 1 saturated heterocycles. The molecule has 1 aliphatic heterocycles. The molecule has 112 valence electrons. The summed E-state index contributed by atoms with van der Waals surface area (Å²) in [6.45, 7) is 2.66. The van der Waals surface area contributed by atoms with Crippen molar-refractivity contribution in [3.63, 3.8) is 0 Å². The van der Waals surface area contributed by atoms with Crippen LogP contribution in [0.4, 0.5) is 0 Å². The second kappa shape index (κ2) is 6.87. The van der Waals surface area contributed by atoms with Crippen LogP contribution in [0.2, 0.25) is 0 Å². The zero-order valence-electron chi connectivity index (χ0n) is 12.5. The molecule has 4 nitrogen and oxygen atoms in total. The van der Waals surface area contributed by atoms with Crippen LogP contribution in [0, 0.1) is 5.92 Å². The minimum atomic E-state index is 0.373. The fourth-order valence-electron chi connectivity index (χ4n) is 2.93. The van der Waals surface area contributed by atoms with Crippen LogP contribution in [0.5, 0.6) is 0 Å². The summed E-state index contributed by atoms with van der Waals surface area (Å²) in [4.78, 5) is 0. The maximum Gasteiger partial charge on any atom is 0.0534 e. The van der Waals surface area contributed by atoms with E-state index in [1.807, 2.05) is 17.9 Å². The van der Waals surface area contributed by atoms with Crippen molar-refractivity contribution in [1.82, 2.24) is 15.1 Å². The highest BCUT2D eigenvalue weighted by molar-refractivity contribution is 5.19. The van der Waals surface area contributed by atoms with Crippen molar-refractivity contribution < 1.29 is 4.74 Å². The topological polar surface area (TPSA) is 39.1 Å². The molecule has 1 fully saturated rings. The van der Waals surface area contributed by atoms with E-state index in [9.17, 15) is 0 Å². The molecule has 4 heteroatoms. The van der Waals surface area contributed by atoms with Gasteiger partial charge in [0.1, 0.15) is 0 Å². The van der Waals surface area contributed by atoms with Gasteiger partial charge in [0, 0.05) is 44.6 Å². The van der Waals surface area contributed by atoms with Gasteiger partial charge in [0.05, 0.1) is 6.20 Å². The molecule has 3 rings (SSSR count). The first-order valence-corrected chi connectivity index (χ1v) is 7.65. The summed E-state index contributed by atoms with van der Waals surface area (Å²) in [5.74, 6) is 0.664. The first-order valence-electron chi connectivity index (χ1n) is 7.65. The largest absolute Gasteiger partial charge is 0.381 e. The monoisotopic (exact) mass is 285 g/mol. The van der Waals surface area contributed by atoms with Crippen LogP contribution in [0.3, 0.4) is 0 Å². The van der Waals surface area contributed by atoms with E-state index in [4.69, 9.17) is 4.74 Å². The molecule has 0 spiro atoms. The van der Waals surface area contributed by atoms with E-state index in [0.29, 0.717) is 12.0 Å². The van der Waals surface area contributed by atoms with Crippen LogP contribution in [0.25, 0.3) is 0 Å². The number of aryl methyl sites for hydroxylation is 1. The van der Waals surface area contributed by atoms with Crippen LogP contribution < -0.4 is 5.32 Å². The van der Waals surface area contributed by atoms with Crippen molar-refractivity contribution in [2.45, 2.75) is 25.4 Å². The molecular formula is C17H23N3O. The fourth-order valence-corrected chi connectivity index (χ4v) is 2.93. The van der Waals surface area contributed by atoms with E-state index < -0.39 is 0 Å². The molecule has 0 bridgehead atoms. The van der Waals surface area contributed by atoms with Crippen molar-refractivity contribution in [1.29, 1.82) is 0 Å². The van der Waals surface area contributed by atoms with Gasteiger partial charge in [-0.3, -0.25) is 4.68 Å². The summed E-state index contributed by atoms with van der Waals surface area (Å²) < 4.78 is 7.37. The van der Waals surface area contributed by atoms with E-state index in [0.717, 1.165) is 26.2 Å². The number of aromatic nitrogens is 2. The summed E-state index contributed by atoms with van der Waals surface area (Å²) in [5.41, 5.74) is 2.58. The molecule has 0 unspecified atom stereocenters. The molecule has 0 radical (unpaired) electrons. The van der Waals surface area contributed by atoms with Gasteiger partial charge in [0.2, 0.25) is 0 Å². The lowest BCUT2D eigenvalue weighted by Crippen LogP contribution is -2.23. The fraction of sp³-hybridized carbons (Fsp3) is 0.471. The third-order valence-electron chi connectivity index (χ3n) is 4.11. The highest BCUT2D eigenvalue weighted by Crippen LogP contribution is 2.26. The molecule has 0 aliphatic carbocycles. The Balaban J connectivity index is 1.66. The van der Waals surface area contributed by atoms with Gasteiger partial charge in [-0.1, -0.05) is 30.3 Å². The highest BCUT2D eigenvalue weighted by atomic mass is 16.5. The zero-order chi connectivity index (χ0) is 14.5. The Hall–Kier alpha value is -1.65. The Morgan fingerprint density at radius 1 is 1.38 bits per heavy atom. The van der Waals surface area contributed by atoms with Crippen molar-refractivity contribution in [3.05, 3.63) is 53.9 Å². The van der Waals surface area contributed by atoms with Gasteiger partial charge in [0.15, 0.2) is 0 Å². The molecular weight excluding hydrogens is 262 g/mol. The first-order chi connectivity index (χ1) is 10.3. The Morgan fingerprint density at radius 3 is 2.90 bits per heavy atom. The molecule has 0 amide bonds. The van der Waals surface area contributed by atoms with Crippen molar-refractivity contribution in [3.8, 4) is 0 Å². The van der Waals surface area contributed by atoms with Crippen molar-refractivity contribution in [2.24, 2.45) is 13.0 Å². The summed E-state index contributed by atoms with van der Waals surface area (Å²) in [7, 11) is 1.95. The zero-order valence-corrected chi connectivity index (χ0v) is 12.5. The third kappa shape index (κ3) is 3.93. The van der Waals surface area contributed by atoms with Gasteiger partial charge in [0.25, 0.3) is 0 Å². The van der Waals surface area contributed by atoms with E-state index in [2.05, 4.69) is 46.9 Å². The van der Waals surface area contributed by atoms with Gasteiger partial charge < -0.3 is 10.1 Å². The molecule has 1 aromatic carbocycles. The summed E-state index contributed by atoms with van der Waals surface area (Å²) >= 11 is 0. The maximum absolute atomic E-state index is 5.52. The quantitative estimate of drug-likeness (QED) is 0.887. The number of benzene rings is 1. The standard InChI is InChI=1S/C17H23N3O/c1-20-12-15(11-19-20)10-18-17(9-14-7-8-21-13-14)16-5-3-2-4-6-16/h2-6,11-12,14,17-18H,7-10,13H2,1H3/t14-,17-/m1/s1. The Kier molecular flexibility index (Phi) is 4.68. The Morgan fingerprint density at radius 2 is 2.24 bits per heavy atom. The number of hydrogen-bond donors (Lipinski definition) is 1. The maximum atomic E-state index is 5.52. The van der Waals surface area contributed by atoms with Gasteiger partial charge in [-0.05, 0) is 24.3 Å². The third-order valence-corrected chi connectivity index (χ3v) is 4.11. The van der Waals surface area contributed by atoms with Crippen LogP contribution in [-0.2, 0) is 18.3 Å². The molecule has 1 aliphatic rings. The number of ether oxygens (including phenoxy) is 1. The van der Waals surface area contributed by atoms with Crippen LogP contribution in [-0.4, -0.2) is 23.0 Å². The first kappa shape index (κ1) is 14.3. The number of hydrogen-bond acceptors (Lipinski definition) is 3. The number of rotatable bonds is 6. The molecule has 0 saturated carbocycles. The minimum Gasteiger partial charge on any atom is -0.381 e. The Bertz CT molecular complexity index is 546. The van der Waals surface area contributed by atoms with Crippen LogP contribution >= 0.6 is 0 Å². The normalized spacial score (nSPS) is 19.8. The van der Waals surface area contributed by atoms with E-state index in [1.54, 1.807) is 0 Å². The van der Waals surface area contributed by atoms with Crippen molar-refractivity contribution >= 4 is 0 Å². The second-order valence-corrected chi connectivity index (χ2v) is 5.83. The lowest BCUT2D eigenvalue weighted by atomic mass is 9.94. The molecule has 2 heterocycles. The predicted molar refractivity (Wildman–Crippen MR) is 82.8 cm³/mol. The van der Waals surface area contributed by atoms with Gasteiger partial charge in [-0.25, -0.2) is 0 Å². The van der Waals surface area contributed by atoms with Crippen LogP contribution in [0.1, 0.15) is 30.0 Å². The van der Waals surface area contributed by atoms with Crippen molar-refractivity contribution in [2.75, 3.05) is 13.2 Å². The van der Waals surface area contributed by atoms with E-state index >= 15 is 0 Å². The lowest BCUT2D eigenvalue weighted by molar-refractivity contribution is 0.181. The highest BCUT2D eigenvalue weighted by Gasteiger charge is 2.21. The summed E-state index contributed by atoms with van der Waals surface area (Å²) in [5, 5.41) is 7.91. The van der Waals surface area contributed by atoms with Gasteiger partial charge >= 0.3 is 0 Å². The van der Waals surface area contributed by atoms with Gasteiger partial charge in [-0.2, -0.15) is 5.10 Å². The molecule has 2 aromatic rings. The average Bonchev–Trinajstić information content (AvgIpc) is 3.16. The molecule has 1 aromatic heterocycles. The molecule has 2 atom stereocenters. The molecule has 21 heavy (non-hydrogen) atoms. The smallest absolute Gasteiger partial charge is 0.0534 e. The van der Waals surface area contributed by atoms with Gasteiger partial charge in [-0.15, -0.1) is 0 Å². The lowest BCUT2D eigenvalue weighted by Gasteiger charge is -2.21. The summed E-state index contributed by atoms with van der Waals surface area (Å²) in [6.07, 6.45) is 6.30. The van der Waals surface area contributed by atoms with E-state index in [1.165, 1.54) is 17.5 Å². The van der Waals surface area contributed by atoms with Crippen LogP contribution in [0.15, 0.2) is 42.7 Å². The number of nitrogens with zero attached hydrogens (tertiary/aromatic N) is 2. The Labute approximate surface area is 126 Å².